The molecule has 2 N–H and O–H groups in total. The minimum Gasteiger partial charge on any atom is -0.338 e. The van der Waals surface area contributed by atoms with Crippen LogP contribution in [0.3, 0.4) is 0 Å². The van der Waals surface area contributed by atoms with Gasteiger partial charge in [0.25, 0.3) is 0 Å². The van der Waals surface area contributed by atoms with Crippen molar-refractivity contribution in [2.24, 2.45) is 0 Å². The van der Waals surface area contributed by atoms with Gasteiger partial charge in [-0.05, 0) is 31.7 Å². The molecule has 0 fully saturated rings. The van der Waals surface area contributed by atoms with Crippen molar-refractivity contribution in [1.29, 1.82) is 0 Å². The molecule has 0 unspecified atom stereocenters. The molecule has 0 saturated heterocycles. The van der Waals surface area contributed by atoms with Crippen LogP contribution in [0.1, 0.15) is 23.4 Å². The van der Waals surface area contributed by atoms with E-state index >= 15 is 0 Å². The largest absolute Gasteiger partial charge is 0.338 e. The molecule has 2 rings (SSSR count). The van der Waals surface area contributed by atoms with Crippen molar-refractivity contribution in [3.05, 3.63) is 57.2 Å². The lowest BCUT2D eigenvalue weighted by Crippen LogP contribution is -2.45. The van der Waals surface area contributed by atoms with Gasteiger partial charge in [0, 0.05) is 18.0 Å². The smallest absolute Gasteiger partial charge is 0.321 e. The molecule has 128 valence electrons. The van der Waals surface area contributed by atoms with Gasteiger partial charge in [0.1, 0.15) is 6.04 Å². The van der Waals surface area contributed by atoms with E-state index in [-0.39, 0.29) is 5.91 Å². The molecule has 0 aliphatic heterocycles. The third kappa shape index (κ3) is 5.06. The molecular weight excluding hydrogens is 346 g/mol. The number of likely N-dealkylation sites (N-methyl/N-ethyl adjacent to an activating group) is 1. The molecule has 1 atom stereocenters. The number of rotatable bonds is 6. The van der Waals surface area contributed by atoms with E-state index in [1.54, 1.807) is 6.92 Å². The van der Waals surface area contributed by atoms with Crippen LogP contribution in [0.5, 0.6) is 0 Å². The summed E-state index contributed by atoms with van der Waals surface area (Å²) in [5, 5.41) is 4.97. The van der Waals surface area contributed by atoms with E-state index in [2.05, 4.69) is 10.6 Å². The molecule has 0 bridgehead atoms. The van der Waals surface area contributed by atoms with Crippen molar-refractivity contribution in [1.82, 2.24) is 15.5 Å². The summed E-state index contributed by atoms with van der Waals surface area (Å²) in [6.07, 6.45) is 0. The molecule has 0 aliphatic carbocycles. The lowest BCUT2D eigenvalue weighted by atomic mass is 10.0. The summed E-state index contributed by atoms with van der Waals surface area (Å²) in [6, 6.07) is 12.1. The van der Waals surface area contributed by atoms with Crippen molar-refractivity contribution in [2.75, 3.05) is 13.6 Å². The van der Waals surface area contributed by atoms with Gasteiger partial charge in [-0.15, -0.1) is 11.3 Å². The number of benzene rings is 1. The second kappa shape index (κ2) is 8.82. The number of hydrogen-bond donors (Lipinski definition) is 2. The number of carbonyl (C=O) groups is 2. The molecule has 0 saturated carbocycles. The monoisotopic (exact) mass is 365 g/mol. The maximum atomic E-state index is 12.6. The zero-order chi connectivity index (χ0) is 17.5. The fourth-order valence-corrected chi connectivity index (χ4v) is 3.55. The minimum atomic E-state index is -0.574. The molecule has 0 radical (unpaired) electrons. The van der Waals surface area contributed by atoms with Crippen LogP contribution in [-0.2, 0) is 11.3 Å². The van der Waals surface area contributed by atoms with Crippen LogP contribution in [0, 0.1) is 0 Å². The molecule has 1 heterocycles. The van der Waals surface area contributed by atoms with Gasteiger partial charge in [-0.2, -0.15) is 0 Å². The second-order valence-electron chi connectivity index (χ2n) is 5.28. The highest BCUT2D eigenvalue weighted by atomic mass is 35.5. The highest BCUT2D eigenvalue weighted by Gasteiger charge is 2.26. The summed E-state index contributed by atoms with van der Waals surface area (Å²) < 4.78 is 0.710. The Labute approximate surface area is 150 Å². The van der Waals surface area contributed by atoms with Gasteiger partial charge >= 0.3 is 6.03 Å². The number of thiophene rings is 1. The van der Waals surface area contributed by atoms with Crippen LogP contribution in [0.4, 0.5) is 4.79 Å². The summed E-state index contributed by atoms with van der Waals surface area (Å²) in [7, 11) is 1.85. The van der Waals surface area contributed by atoms with Gasteiger partial charge in [-0.1, -0.05) is 41.9 Å². The lowest BCUT2D eigenvalue weighted by Gasteiger charge is -2.26. The first kappa shape index (κ1) is 18.4. The number of hydrogen-bond acceptors (Lipinski definition) is 4. The van der Waals surface area contributed by atoms with E-state index < -0.39 is 12.1 Å². The average molecular weight is 366 g/mol. The predicted molar refractivity (Wildman–Crippen MR) is 97.2 cm³/mol. The predicted octanol–water partition coefficient (Wildman–Crippen LogP) is 3.42. The number of carbonyl (C=O) groups excluding carboxylic acids is 2. The maximum Gasteiger partial charge on any atom is 0.321 e. The standard InChI is InChI=1S/C17H20ClN3O2S/c1-3-19-17(23)20-16(22)15(12-7-5-4-6-8-12)21(2)11-13-9-10-14(18)24-13/h4-10,15H,3,11H2,1-2H3,(H2,19,20,22,23)/t15-/m1/s1. The van der Waals surface area contributed by atoms with Gasteiger partial charge < -0.3 is 5.32 Å². The lowest BCUT2D eigenvalue weighted by molar-refractivity contribution is -0.125. The molecule has 0 spiro atoms. The van der Waals surface area contributed by atoms with Gasteiger partial charge in [0.2, 0.25) is 5.91 Å². The maximum absolute atomic E-state index is 12.6. The molecular formula is C17H20ClN3O2S. The van der Waals surface area contributed by atoms with Crippen LogP contribution in [-0.4, -0.2) is 30.4 Å². The van der Waals surface area contributed by atoms with Crippen LogP contribution in [0.2, 0.25) is 4.34 Å². The quantitative estimate of drug-likeness (QED) is 0.824. The van der Waals surface area contributed by atoms with Crippen molar-refractivity contribution in [2.45, 2.75) is 19.5 Å². The Balaban J connectivity index is 2.19. The van der Waals surface area contributed by atoms with Crippen molar-refractivity contribution < 1.29 is 9.59 Å². The Morgan fingerprint density at radius 2 is 1.92 bits per heavy atom. The van der Waals surface area contributed by atoms with Gasteiger partial charge in [0.05, 0.1) is 4.34 Å². The zero-order valence-corrected chi connectivity index (χ0v) is 15.2. The van der Waals surface area contributed by atoms with Crippen LogP contribution < -0.4 is 10.6 Å². The third-order valence-electron chi connectivity index (χ3n) is 3.41. The Kier molecular flexibility index (Phi) is 6.78. The summed E-state index contributed by atoms with van der Waals surface area (Å²) in [6.45, 7) is 2.81. The first-order valence-corrected chi connectivity index (χ1v) is 8.78. The topological polar surface area (TPSA) is 61.4 Å². The summed E-state index contributed by atoms with van der Waals surface area (Å²) in [5.41, 5.74) is 0.824. The molecule has 0 aliphatic rings. The molecule has 24 heavy (non-hydrogen) atoms. The third-order valence-corrected chi connectivity index (χ3v) is 4.63. The second-order valence-corrected chi connectivity index (χ2v) is 7.08. The Morgan fingerprint density at radius 3 is 2.50 bits per heavy atom. The van der Waals surface area contributed by atoms with Gasteiger partial charge in [-0.3, -0.25) is 15.0 Å². The zero-order valence-electron chi connectivity index (χ0n) is 13.6. The number of halogens is 1. The van der Waals surface area contributed by atoms with Gasteiger partial charge in [-0.25, -0.2) is 4.79 Å². The van der Waals surface area contributed by atoms with Crippen molar-refractivity contribution >= 4 is 34.9 Å². The van der Waals surface area contributed by atoms with Crippen LogP contribution >= 0.6 is 22.9 Å². The number of urea groups is 1. The van der Waals surface area contributed by atoms with E-state index in [0.717, 1.165) is 10.4 Å². The van der Waals surface area contributed by atoms with Gasteiger partial charge in [0.15, 0.2) is 0 Å². The molecule has 3 amide bonds. The Bertz CT molecular complexity index is 690. The first-order chi connectivity index (χ1) is 11.5. The van der Waals surface area contributed by atoms with E-state index in [4.69, 9.17) is 11.6 Å². The molecule has 1 aromatic heterocycles. The van der Waals surface area contributed by atoms with E-state index in [1.165, 1.54) is 11.3 Å². The van der Waals surface area contributed by atoms with E-state index in [9.17, 15) is 9.59 Å². The fraction of sp³-hybridized carbons (Fsp3) is 0.294. The van der Waals surface area contributed by atoms with E-state index in [1.807, 2.05) is 54.4 Å². The summed E-state index contributed by atoms with van der Waals surface area (Å²) in [4.78, 5) is 27.3. The Hall–Kier alpha value is -1.89. The molecule has 7 heteroatoms. The number of nitrogens with zero attached hydrogens (tertiary/aromatic N) is 1. The number of amides is 3. The Morgan fingerprint density at radius 1 is 1.21 bits per heavy atom. The molecule has 1 aromatic carbocycles. The number of imide groups is 1. The highest BCUT2D eigenvalue weighted by molar-refractivity contribution is 7.16. The first-order valence-electron chi connectivity index (χ1n) is 7.59. The van der Waals surface area contributed by atoms with Crippen LogP contribution in [0.15, 0.2) is 42.5 Å². The average Bonchev–Trinajstić information content (AvgIpc) is 2.93. The molecule has 2 aromatic rings. The highest BCUT2D eigenvalue weighted by Crippen LogP contribution is 2.26. The fourth-order valence-electron chi connectivity index (χ4n) is 2.40. The summed E-state index contributed by atoms with van der Waals surface area (Å²) in [5.74, 6) is -0.364. The van der Waals surface area contributed by atoms with Crippen molar-refractivity contribution in [3.63, 3.8) is 0 Å². The van der Waals surface area contributed by atoms with Crippen LogP contribution in [0.25, 0.3) is 0 Å². The summed E-state index contributed by atoms with van der Waals surface area (Å²) >= 11 is 7.45. The molecule has 5 nitrogen and oxygen atoms in total. The van der Waals surface area contributed by atoms with E-state index in [0.29, 0.717) is 17.4 Å². The number of nitrogens with one attached hydrogen (secondary N) is 2. The SMILES string of the molecule is CCNC(=O)NC(=O)[C@@H](c1ccccc1)N(C)Cc1ccc(Cl)s1. The van der Waals surface area contributed by atoms with Crippen molar-refractivity contribution in [3.8, 4) is 0 Å². The minimum absolute atomic E-state index is 0.364. The normalized spacial score (nSPS) is 12.0.